The van der Waals surface area contributed by atoms with Gasteiger partial charge in [-0.3, -0.25) is 9.59 Å². The van der Waals surface area contributed by atoms with E-state index in [0.29, 0.717) is 30.1 Å². The second-order valence-corrected chi connectivity index (χ2v) is 14.1. The molecule has 180 valence electrons. The van der Waals surface area contributed by atoms with Crippen LogP contribution < -0.4 is 10.6 Å². The van der Waals surface area contributed by atoms with Crippen LogP contribution in [-0.2, 0) is 9.59 Å². The Balaban J connectivity index is 1.11. The summed E-state index contributed by atoms with van der Waals surface area (Å²) in [5.74, 6) is 5.42. The highest BCUT2D eigenvalue weighted by Gasteiger charge is 2.61. The van der Waals surface area contributed by atoms with Crippen molar-refractivity contribution in [2.75, 3.05) is 6.54 Å². The maximum absolute atomic E-state index is 13.9. The van der Waals surface area contributed by atoms with Crippen molar-refractivity contribution in [2.45, 2.75) is 96.4 Å². The second-order valence-electron chi connectivity index (χ2n) is 14.1. The first kappa shape index (κ1) is 21.0. The summed E-state index contributed by atoms with van der Waals surface area (Å²) in [5.41, 5.74) is 1.60. The van der Waals surface area contributed by atoms with Gasteiger partial charge in [0.25, 0.3) is 0 Å². The van der Waals surface area contributed by atoms with E-state index in [1.807, 2.05) is 6.08 Å². The van der Waals surface area contributed by atoms with Crippen LogP contribution in [0.4, 0.5) is 0 Å². The number of hydrogen-bond donors (Lipinski definition) is 2. The molecule has 4 heteroatoms. The van der Waals surface area contributed by atoms with Gasteiger partial charge in [-0.1, -0.05) is 13.8 Å². The quantitative estimate of drug-likeness (QED) is 0.623. The van der Waals surface area contributed by atoms with Crippen molar-refractivity contribution in [1.82, 2.24) is 10.6 Å². The van der Waals surface area contributed by atoms with Crippen LogP contribution in [0.5, 0.6) is 0 Å². The average Bonchev–Trinajstić information content (AvgIpc) is 3.10. The molecule has 1 amide bonds. The minimum atomic E-state index is 0.123. The SMILES string of the molecule is C[C@]12CCC(=O)C=C1NCC1C2CC[C@@]2(C)C1CC[C@@H]2C(=O)NC12CC3CC(CC(C3)C1)C2. The Morgan fingerprint density at radius 3 is 2.36 bits per heavy atom. The van der Waals surface area contributed by atoms with Gasteiger partial charge in [0.1, 0.15) is 0 Å². The number of piperidine rings is 1. The van der Waals surface area contributed by atoms with E-state index >= 15 is 0 Å². The smallest absolute Gasteiger partial charge is 0.224 e. The molecule has 4 bridgehead atoms. The highest BCUT2D eigenvalue weighted by Crippen LogP contribution is 2.64. The lowest BCUT2D eigenvalue weighted by Gasteiger charge is -2.59. The van der Waals surface area contributed by atoms with Crippen LogP contribution in [0, 0.1) is 52.3 Å². The van der Waals surface area contributed by atoms with Gasteiger partial charge in [-0.05, 0) is 112 Å². The minimum absolute atomic E-state index is 0.123. The Kier molecular flexibility index (Phi) is 4.38. The number of ketones is 1. The third-order valence-electron chi connectivity index (χ3n) is 12.3. The molecule has 0 spiro atoms. The maximum Gasteiger partial charge on any atom is 0.224 e. The zero-order chi connectivity index (χ0) is 22.6. The van der Waals surface area contributed by atoms with Gasteiger partial charge in [-0.15, -0.1) is 0 Å². The number of allylic oxidation sites excluding steroid dienone is 2. The maximum atomic E-state index is 13.9. The second kappa shape index (κ2) is 6.88. The first-order valence-electron chi connectivity index (χ1n) is 14.1. The van der Waals surface area contributed by atoms with Crippen molar-refractivity contribution in [2.24, 2.45) is 52.3 Å². The first-order chi connectivity index (χ1) is 15.8. The number of fused-ring (bicyclic) bond motifs is 5. The molecule has 7 aliphatic carbocycles. The lowest BCUT2D eigenvalue weighted by molar-refractivity contribution is -0.138. The molecule has 8 rings (SSSR count). The summed E-state index contributed by atoms with van der Waals surface area (Å²) < 4.78 is 0. The summed E-state index contributed by atoms with van der Waals surface area (Å²) in [7, 11) is 0. The molecular weight excluding hydrogens is 408 g/mol. The van der Waals surface area contributed by atoms with E-state index in [2.05, 4.69) is 24.5 Å². The Hall–Kier alpha value is -1.32. The molecule has 6 atom stereocenters. The van der Waals surface area contributed by atoms with Crippen LogP contribution in [0.25, 0.3) is 0 Å². The highest BCUT2D eigenvalue weighted by molar-refractivity contribution is 5.91. The molecule has 1 aliphatic heterocycles. The molecule has 33 heavy (non-hydrogen) atoms. The molecule has 3 unspecified atom stereocenters. The summed E-state index contributed by atoms with van der Waals surface area (Å²) in [5, 5.41) is 7.46. The van der Waals surface area contributed by atoms with E-state index in [4.69, 9.17) is 0 Å². The fourth-order valence-corrected chi connectivity index (χ4v) is 11.2. The Bertz CT molecular complexity index is 887. The van der Waals surface area contributed by atoms with Gasteiger partial charge in [-0.2, -0.15) is 0 Å². The zero-order valence-corrected chi connectivity index (χ0v) is 20.6. The number of rotatable bonds is 2. The average molecular weight is 451 g/mol. The van der Waals surface area contributed by atoms with E-state index in [-0.39, 0.29) is 28.1 Å². The van der Waals surface area contributed by atoms with Crippen molar-refractivity contribution in [3.05, 3.63) is 11.8 Å². The van der Waals surface area contributed by atoms with Gasteiger partial charge in [0, 0.05) is 41.6 Å². The van der Waals surface area contributed by atoms with Crippen LogP contribution in [-0.4, -0.2) is 23.8 Å². The summed E-state index contributed by atoms with van der Waals surface area (Å²) >= 11 is 0. The van der Waals surface area contributed by atoms with Gasteiger partial charge < -0.3 is 10.6 Å². The number of amides is 1. The van der Waals surface area contributed by atoms with E-state index < -0.39 is 0 Å². The van der Waals surface area contributed by atoms with Crippen LogP contribution >= 0.6 is 0 Å². The molecule has 0 radical (unpaired) electrons. The predicted octanol–water partition coefficient (Wildman–Crippen LogP) is 4.99. The number of hydrogen-bond acceptors (Lipinski definition) is 3. The molecule has 4 nitrogen and oxygen atoms in total. The molecule has 0 aromatic carbocycles. The minimum Gasteiger partial charge on any atom is -0.387 e. The summed E-state index contributed by atoms with van der Waals surface area (Å²) in [6, 6.07) is 0. The standard InChI is InChI=1S/C29H42N2O2/c1-27-8-6-23-21(16-30-25-12-20(32)5-7-28(23,25)2)22(27)3-4-24(27)26(33)31-29-13-17-9-18(14-29)11-19(10-17)15-29/h12,17-19,21-24,30H,3-11,13-16H2,1-2H3,(H,31,33)/t17?,18?,19?,21?,22?,23?,24-,27+,28-,29?/m1/s1. The Labute approximate surface area is 199 Å². The van der Waals surface area contributed by atoms with Crippen LogP contribution in [0.1, 0.15) is 90.9 Å². The third kappa shape index (κ3) is 2.94. The number of nitrogens with one attached hydrogen (secondary N) is 2. The molecule has 2 N–H and O–H groups in total. The Morgan fingerprint density at radius 2 is 1.67 bits per heavy atom. The number of carbonyl (C=O) groups excluding carboxylic acids is 2. The third-order valence-corrected chi connectivity index (χ3v) is 12.3. The lowest BCUT2D eigenvalue weighted by atomic mass is 9.49. The lowest BCUT2D eigenvalue weighted by Crippen LogP contribution is -2.62. The molecule has 1 heterocycles. The first-order valence-corrected chi connectivity index (χ1v) is 14.1. The van der Waals surface area contributed by atoms with Crippen molar-refractivity contribution in [3.8, 4) is 0 Å². The normalized spacial score (nSPS) is 54.1. The van der Waals surface area contributed by atoms with Gasteiger partial charge in [0.15, 0.2) is 5.78 Å². The molecule has 7 fully saturated rings. The molecule has 1 saturated heterocycles. The van der Waals surface area contributed by atoms with Gasteiger partial charge in [-0.25, -0.2) is 0 Å². The summed E-state index contributed by atoms with van der Waals surface area (Å²) in [6.07, 6.45) is 16.3. The van der Waals surface area contributed by atoms with E-state index in [1.54, 1.807) is 0 Å². The van der Waals surface area contributed by atoms with E-state index in [1.165, 1.54) is 63.5 Å². The van der Waals surface area contributed by atoms with Gasteiger partial charge in [0.2, 0.25) is 5.91 Å². The Morgan fingerprint density at radius 1 is 0.970 bits per heavy atom. The molecule has 0 aromatic heterocycles. The van der Waals surface area contributed by atoms with Crippen molar-refractivity contribution in [3.63, 3.8) is 0 Å². The van der Waals surface area contributed by atoms with Crippen molar-refractivity contribution in [1.29, 1.82) is 0 Å². The van der Waals surface area contributed by atoms with Crippen molar-refractivity contribution >= 4 is 11.7 Å². The monoisotopic (exact) mass is 450 g/mol. The van der Waals surface area contributed by atoms with Crippen LogP contribution in [0.3, 0.4) is 0 Å². The highest BCUT2D eigenvalue weighted by atomic mass is 16.2. The topological polar surface area (TPSA) is 58.2 Å². The molecule has 0 aromatic rings. The summed E-state index contributed by atoms with van der Waals surface area (Å²) in [4.78, 5) is 26.0. The van der Waals surface area contributed by atoms with Crippen LogP contribution in [0.15, 0.2) is 11.8 Å². The van der Waals surface area contributed by atoms with E-state index in [0.717, 1.165) is 37.1 Å². The predicted molar refractivity (Wildman–Crippen MR) is 128 cm³/mol. The largest absolute Gasteiger partial charge is 0.387 e. The molecular formula is C29H42N2O2. The summed E-state index contributed by atoms with van der Waals surface area (Å²) in [6.45, 7) is 5.86. The molecule has 6 saturated carbocycles. The fourth-order valence-electron chi connectivity index (χ4n) is 11.2. The zero-order valence-electron chi connectivity index (χ0n) is 20.6. The fraction of sp³-hybridized carbons (Fsp3) is 0.862. The van der Waals surface area contributed by atoms with Gasteiger partial charge in [0.05, 0.1) is 0 Å². The van der Waals surface area contributed by atoms with Crippen molar-refractivity contribution < 1.29 is 9.59 Å². The molecule has 8 aliphatic rings. The van der Waals surface area contributed by atoms with E-state index in [9.17, 15) is 9.59 Å². The number of carbonyl (C=O) groups is 2. The van der Waals surface area contributed by atoms with Crippen LogP contribution in [0.2, 0.25) is 0 Å². The van der Waals surface area contributed by atoms with Gasteiger partial charge >= 0.3 is 0 Å².